The first kappa shape index (κ1) is 8.73. The Morgan fingerprint density at radius 3 is 3.00 bits per heavy atom. The highest BCUT2D eigenvalue weighted by Gasteiger charge is 2.26. The highest BCUT2D eigenvalue weighted by atomic mass is 16.1. The third-order valence-corrected chi connectivity index (χ3v) is 2.97. The monoisotopic (exact) mass is 180 g/mol. The van der Waals surface area contributed by atoms with E-state index < -0.39 is 0 Å². The lowest BCUT2D eigenvalue weighted by atomic mass is 9.97. The van der Waals surface area contributed by atoms with Gasteiger partial charge in [-0.05, 0) is 32.1 Å². The van der Waals surface area contributed by atoms with Crippen LogP contribution in [-0.2, 0) is 4.79 Å². The molecule has 0 radical (unpaired) electrons. The molecule has 0 unspecified atom stereocenters. The normalized spacial score (nSPS) is 28.8. The standard InChI is InChI=1S/C10H16N2O/c13-8-12-7-2-1-5-10(12)9-4-3-6-11-9/h8,10H,1-7H2/t10-/m1/s1. The van der Waals surface area contributed by atoms with E-state index in [0.717, 1.165) is 38.8 Å². The van der Waals surface area contributed by atoms with Crippen LogP contribution in [0.4, 0.5) is 0 Å². The summed E-state index contributed by atoms with van der Waals surface area (Å²) in [6.45, 7) is 1.89. The van der Waals surface area contributed by atoms with Gasteiger partial charge in [-0.2, -0.15) is 0 Å². The van der Waals surface area contributed by atoms with Crippen LogP contribution in [0.3, 0.4) is 0 Å². The predicted octanol–water partition coefficient (Wildman–Crippen LogP) is 1.23. The molecule has 1 atom stereocenters. The average Bonchev–Trinajstić information content (AvgIpc) is 2.70. The average molecular weight is 180 g/mol. The number of carbonyl (C=O) groups is 1. The Bertz CT molecular complexity index is 225. The van der Waals surface area contributed by atoms with E-state index in [2.05, 4.69) is 4.99 Å². The molecule has 1 saturated heterocycles. The summed E-state index contributed by atoms with van der Waals surface area (Å²) in [5, 5.41) is 0. The molecule has 0 aromatic heterocycles. The molecule has 1 amide bonds. The van der Waals surface area contributed by atoms with Gasteiger partial charge in [-0.25, -0.2) is 0 Å². The number of carbonyl (C=O) groups excluding carboxylic acids is 1. The second kappa shape index (κ2) is 3.90. The Morgan fingerprint density at radius 2 is 2.31 bits per heavy atom. The molecule has 1 fully saturated rings. The summed E-state index contributed by atoms with van der Waals surface area (Å²) >= 11 is 0. The molecule has 0 spiro atoms. The zero-order chi connectivity index (χ0) is 9.10. The molecular formula is C10H16N2O. The van der Waals surface area contributed by atoms with Crippen molar-refractivity contribution in [3.63, 3.8) is 0 Å². The van der Waals surface area contributed by atoms with Gasteiger partial charge in [0.15, 0.2) is 0 Å². The van der Waals surface area contributed by atoms with E-state index in [4.69, 9.17) is 0 Å². The van der Waals surface area contributed by atoms with Crippen molar-refractivity contribution in [1.29, 1.82) is 0 Å². The molecule has 2 aliphatic heterocycles. The van der Waals surface area contributed by atoms with Crippen molar-refractivity contribution in [3.8, 4) is 0 Å². The molecule has 3 heteroatoms. The highest BCUT2D eigenvalue weighted by Crippen LogP contribution is 2.21. The van der Waals surface area contributed by atoms with Gasteiger partial charge in [-0.1, -0.05) is 0 Å². The lowest BCUT2D eigenvalue weighted by Crippen LogP contribution is -2.43. The van der Waals surface area contributed by atoms with Crippen LogP contribution in [-0.4, -0.2) is 36.2 Å². The summed E-state index contributed by atoms with van der Waals surface area (Å²) in [4.78, 5) is 17.2. The molecule has 72 valence electrons. The fraction of sp³-hybridized carbons (Fsp3) is 0.800. The second-order valence-electron chi connectivity index (χ2n) is 3.83. The minimum atomic E-state index is 0.341. The molecule has 0 aromatic carbocycles. The van der Waals surface area contributed by atoms with Crippen molar-refractivity contribution in [2.24, 2.45) is 4.99 Å². The number of likely N-dealkylation sites (tertiary alicyclic amines) is 1. The first-order chi connectivity index (χ1) is 6.42. The third kappa shape index (κ3) is 1.74. The molecule has 0 N–H and O–H groups in total. The summed E-state index contributed by atoms with van der Waals surface area (Å²) in [7, 11) is 0. The molecule has 0 aromatic rings. The third-order valence-electron chi connectivity index (χ3n) is 2.97. The molecule has 2 rings (SSSR count). The van der Waals surface area contributed by atoms with Crippen LogP contribution in [0.25, 0.3) is 0 Å². The van der Waals surface area contributed by atoms with Gasteiger partial charge in [0.1, 0.15) is 0 Å². The first-order valence-electron chi connectivity index (χ1n) is 5.16. The van der Waals surface area contributed by atoms with Gasteiger partial charge in [-0.3, -0.25) is 9.79 Å². The van der Waals surface area contributed by atoms with Crippen LogP contribution < -0.4 is 0 Å². The molecule has 2 aliphatic rings. The fourth-order valence-electron chi connectivity index (χ4n) is 2.27. The van der Waals surface area contributed by atoms with Gasteiger partial charge in [0, 0.05) is 18.8 Å². The van der Waals surface area contributed by atoms with E-state index in [9.17, 15) is 4.79 Å². The van der Waals surface area contributed by atoms with Crippen molar-refractivity contribution in [2.75, 3.05) is 13.1 Å². The quantitative estimate of drug-likeness (QED) is 0.588. The maximum atomic E-state index is 10.8. The van der Waals surface area contributed by atoms with Gasteiger partial charge >= 0.3 is 0 Å². The van der Waals surface area contributed by atoms with Gasteiger partial charge < -0.3 is 4.90 Å². The smallest absolute Gasteiger partial charge is 0.210 e. The first-order valence-corrected chi connectivity index (χ1v) is 5.16. The van der Waals surface area contributed by atoms with E-state index >= 15 is 0 Å². The maximum absolute atomic E-state index is 10.8. The summed E-state index contributed by atoms with van der Waals surface area (Å²) in [5.41, 5.74) is 1.27. The molecule has 2 heterocycles. The Morgan fingerprint density at radius 1 is 1.38 bits per heavy atom. The highest BCUT2D eigenvalue weighted by molar-refractivity contribution is 5.92. The van der Waals surface area contributed by atoms with Crippen LogP contribution in [0.2, 0.25) is 0 Å². The van der Waals surface area contributed by atoms with Crippen LogP contribution in [0.1, 0.15) is 32.1 Å². The second-order valence-corrected chi connectivity index (χ2v) is 3.83. The maximum Gasteiger partial charge on any atom is 0.210 e. The van der Waals surface area contributed by atoms with Gasteiger partial charge in [0.2, 0.25) is 6.41 Å². The Labute approximate surface area is 78.8 Å². The van der Waals surface area contributed by atoms with E-state index in [0.29, 0.717) is 6.04 Å². The summed E-state index contributed by atoms with van der Waals surface area (Å²) in [6.07, 6.45) is 6.80. The lowest BCUT2D eigenvalue weighted by Gasteiger charge is -2.32. The van der Waals surface area contributed by atoms with Crippen LogP contribution in [0, 0.1) is 0 Å². The number of aliphatic imine (C=N–C) groups is 1. The van der Waals surface area contributed by atoms with Gasteiger partial charge in [0.25, 0.3) is 0 Å². The van der Waals surface area contributed by atoms with Gasteiger partial charge in [0.05, 0.1) is 6.04 Å². The zero-order valence-electron chi connectivity index (χ0n) is 7.91. The molecule has 13 heavy (non-hydrogen) atoms. The van der Waals surface area contributed by atoms with E-state index in [1.54, 1.807) is 0 Å². The van der Waals surface area contributed by atoms with Gasteiger partial charge in [-0.15, -0.1) is 0 Å². The number of hydrogen-bond donors (Lipinski definition) is 0. The molecule has 3 nitrogen and oxygen atoms in total. The number of rotatable bonds is 2. The van der Waals surface area contributed by atoms with Crippen LogP contribution in [0.15, 0.2) is 4.99 Å². The van der Waals surface area contributed by atoms with Crippen molar-refractivity contribution >= 4 is 12.1 Å². The molecular weight excluding hydrogens is 164 g/mol. The van der Waals surface area contributed by atoms with E-state index in [1.807, 2.05) is 4.90 Å². The van der Waals surface area contributed by atoms with E-state index in [-0.39, 0.29) is 0 Å². The summed E-state index contributed by atoms with van der Waals surface area (Å²) in [5.74, 6) is 0. The van der Waals surface area contributed by atoms with E-state index in [1.165, 1.54) is 18.6 Å². The zero-order valence-corrected chi connectivity index (χ0v) is 7.91. The minimum Gasteiger partial charge on any atom is -0.337 e. The topological polar surface area (TPSA) is 32.7 Å². The predicted molar refractivity (Wildman–Crippen MR) is 51.9 cm³/mol. The Balaban J connectivity index is 2.05. The minimum absolute atomic E-state index is 0.341. The molecule has 0 saturated carbocycles. The van der Waals surface area contributed by atoms with Crippen LogP contribution >= 0.6 is 0 Å². The lowest BCUT2D eigenvalue weighted by molar-refractivity contribution is -0.120. The Kier molecular flexibility index (Phi) is 2.62. The number of hydrogen-bond acceptors (Lipinski definition) is 2. The fourth-order valence-corrected chi connectivity index (χ4v) is 2.27. The van der Waals surface area contributed by atoms with Crippen molar-refractivity contribution < 1.29 is 4.79 Å². The SMILES string of the molecule is O=CN1CCCC[C@@H]1C1=NCCC1. The summed E-state index contributed by atoms with van der Waals surface area (Å²) < 4.78 is 0. The number of nitrogens with zero attached hydrogens (tertiary/aromatic N) is 2. The number of piperidine rings is 1. The Hall–Kier alpha value is -0.860. The number of amides is 1. The van der Waals surface area contributed by atoms with Crippen molar-refractivity contribution in [1.82, 2.24) is 4.90 Å². The van der Waals surface area contributed by atoms with Crippen molar-refractivity contribution in [3.05, 3.63) is 0 Å². The van der Waals surface area contributed by atoms with Crippen LogP contribution in [0.5, 0.6) is 0 Å². The van der Waals surface area contributed by atoms with Crippen molar-refractivity contribution in [2.45, 2.75) is 38.1 Å². The largest absolute Gasteiger partial charge is 0.337 e. The molecule has 0 bridgehead atoms. The molecule has 0 aliphatic carbocycles. The summed E-state index contributed by atoms with van der Waals surface area (Å²) in [6, 6.07) is 0.341.